The van der Waals surface area contributed by atoms with Gasteiger partial charge in [-0.05, 0) is 13.3 Å². The van der Waals surface area contributed by atoms with E-state index >= 15 is 0 Å². The van der Waals surface area contributed by atoms with E-state index in [1.807, 2.05) is 0 Å². The standard InChI is InChI=1S/C10H13N3O3/c1-7-8(9(14)15)2-4-13(7)10(16)12-5-3-11-6-12/h3,5-8H,2,4H2,1H3,(H,14,15)/t7?,8-/m0/s1. The fourth-order valence-corrected chi connectivity index (χ4v) is 2.06. The zero-order valence-corrected chi connectivity index (χ0v) is 8.91. The van der Waals surface area contributed by atoms with Crippen molar-refractivity contribution in [2.24, 2.45) is 5.92 Å². The molecule has 0 spiro atoms. The van der Waals surface area contributed by atoms with Gasteiger partial charge < -0.3 is 10.0 Å². The van der Waals surface area contributed by atoms with E-state index in [0.29, 0.717) is 13.0 Å². The van der Waals surface area contributed by atoms with Crippen molar-refractivity contribution >= 4 is 12.0 Å². The van der Waals surface area contributed by atoms with Crippen molar-refractivity contribution in [1.82, 2.24) is 14.5 Å². The highest BCUT2D eigenvalue weighted by atomic mass is 16.4. The average molecular weight is 223 g/mol. The zero-order valence-electron chi connectivity index (χ0n) is 8.91. The van der Waals surface area contributed by atoms with Crippen LogP contribution >= 0.6 is 0 Å². The molecule has 86 valence electrons. The molecule has 6 nitrogen and oxygen atoms in total. The smallest absolute Gasteiger partial charge is 0.329 e. The van der Waals surface area contributed by atoms with Crippen LogP contribution in [-0.4, -0.2) is 44.1 Å². The van der Waals surface area contributed by atoms with Gasteiger partial charge in [-0.15, -0.1) is 0 Å². The number of carboxylic acids is 1. The number of nitrogens with zero attached hydrogens (tertiary/aromatic N) is 3. The largest absolute Gasteiger partial charge is 0.481 e. The molecule has 0 bridgehead atoms. The maximum atomic E-state index is 11.9. The molecule has 1 fully saturated rings. The Labute approximate surface area is 92.5 Å². The number of carbonyl (C=O) groups is 2. The molecule has 1 aromatic rings. The number of hydrogen-bond acceptors (Lipinski definition) is 3. The summed E-state index contributed by atoms with van der Waals surface area (Å²) < 4.78 is 1.36. The number of aliphatic carboxylic acids is 1. The SMILES string of the molecule is CC1[C@@H](C(=O)O)CCN1C(=O)n1ccnc1. The normalized spacial score (nSPS) is 24.7. The van der Waals surface area contributed by atoms with Gasteiger partial charge in [0, 0.05) is 25.0 Å². The van der Waals surface area contributed by atoms with E-state index in [-0.39, 0.29) is 12.1 Å². The van der Waals surface area contributed by atoms with E-state index in [1.165, 1.54) is 17.1 Å². The van der Waals surface area contributed by atoms with Crippen molar-refractivity contribution in [3.8, 4) is 0 Å². The van der Waals surface area contributed by atoms with E-state index in [9.17, 15) is 9.59 Å². The van der Waals surface area contributed by atoms with Crippen molar-refractivity contribution in [2.75, 3.05) is 6.54 Å². The molecule has 16 heavy (non-hydrogen) atoms. The number of hydrogen-bond donors (Lipinski definition) is 1. The minimum Gasteiger partial charge on any atom is -0.481 e. The Hall–Kier alpha value is -1.85. The summed E-state index contributed by atoms with van der Waals surface area (Å²) in [6, 6.07) is -0.485. The van der Waals surface area contributed by atoms with Crippen molar-refractivity contribution in [2.45, 2.75) is 19.4 Å². The first-order valence-electron chi connectivity index (χ1n) is 5.13. The van der Waals surface area contributed by atoms with Crippen LogP contribution in [0.1, 0.15) is 13.3 Å². The molecule has 2 rings (SSSR count). The Morgan fingerprint density at radius 1 is 1.50 bits per heavy atom. The van der Waals surface area contributed by atoms with Gasteiger partial charge in [-0.3, -0.25) is 9.36 Å². The first-order chi connectivity index (χ1) is 7.61. The number of aromatic nitrogens is 2. The number of amides is 1. The second-order valence-electron chi connectivity index (χ2n) is 3.92. The highest BCUT2D eigenvalue weighted by Gasteiger charge is 2.38. The lowest BCUT2D eigenvalue weighted by Crippen LogP contribution is -2.39. The third-order valence-corrected chi connectivity index (χ3v) is 3.04. The molecule has 6 heteroatoms. The molecule has 1 aromatic heterocycles. The van der Waals surface area contributed by atoms with Gasteiger partial charge in [-0.25, -0.2) is 9.78 Å². The van der Waals surface area contributed by atoms with E-state index in [2.05, 4.69) is 4.98 Å². The molecule has 1 amide bonds. The Morgan fingerprint density at radius 3 is 2.75 bits per heavy atom. The molecule has 1 aliphatic rings. The number of carboxylic acid groups (broad SMARTS) is 1. The maximum absolute atomic E-state index is 11.9. The van der Waals surface area contributed by atoms with Crippen LogP contribution in [0.2, 0.25) is 0 Å². The molecular weight excluding hydrogens is 210 g/mol. The Balaban J connectivity index is 2.13. The lowest BCUT2D eigenvalue weighted by Gasteiger charge is -2.22. The van der Waals surface area contributed by atoms with Crippen LogP contribution in [-0.2, 0) is 4.79 Å². The monoisotopic (exact) mass is 223 g/mol. The first-order valence-corrected chi connectivity index (χ1v) is 5.13. The minimum atomic E-state index is -0.839. The van der Waals surface area contributed by atoms with E-state index in [1.54, 1.807) is 18.0 Å². The predicted molar refractivity (Wildman–Crippen MR) is 54.9 cm³/mol. The lowest BCUT2D eigenvalue weighted by atomic mass is 10.0. The highest BCUT2D eigenvalue weighted by molar-refractivity contribution is 5.79. The molecule has 2 atom stereocenters. The average Bonchev–Trinajstić information content (AvgIpc) is 2.84. The van der Waals surface area contributed by atoms with Gasteiger partial charge in [0.1, 0.15) is 6.33 Å². The number of imidazole rings is 1. The fraction of sp³-hybridized carbons (Fsp3) is 0.500. The van der Waals surface area contributed by atoms with E-state index in [0.717, 1.165) is 0 Å². The van der Waals surface area contributed by atoms with Crippen molar-refractivity contribution in [3.63, 3.8) is 0 Å². The summed E-state index contributed by atoms with van der Waals surface area (Å²) in [5.74, 6) is -1.30. The second-order valence-corrected chi connectivity index (χ2v) is 3.92. The molecule has 1 aliphatic heterocycles. The molecule has 0 aliphatic carbocycles. The topological polar surface area (TPSA) is 75.4 Å². The second kappa shape index (κ2) is 3.96. The molecule has 2 heterocycles. The van der Waals surface area contributed by atoms with Crippen LogP contribution in [0.4, 0.5) is 4.79 Å². The maximum Gasteiger partial charge on any atom is 0.329 e. The molecule has 1 saturated heterocycles. The summed E-state index contributed by atoms with van der Waals surface area (Å²) >= 11 is 0. The molecule has 1 N–H and O–H groups in total. The Kier molecular flexibility index (Phi) is 2.64. The van der Waals surface area contributed by atoms with E-state index in [4.69, 9.17) is 5.11 Å². The Morgan fingerprint density at radius 2 is 2.25 bits per heavy atom. The van der Waals surface area contributed by atoms with Gasteiger partial charge in [0.2, 0.25) is 0 Å². The highest BCUT2D eigenvalue weighted by Crippen LogP contribution is 2.24. The fourth-order valence-electron chi connectivity index (χ4n) is 2.06. The van der Waals surface area contributed by atoms with E-state index < -0.39 is 11.9 Å². The third-order valence-electron chi connectivity index (χ3n) is 3.04. The molecule has 0 aromatic carbocycles. The first kappa shape index (κ1) is 10.7. The predicted octanol–water partition coefficient (Wildman–Crippen LogP) is 0.646. The summed E-state index contributed by atoms with van der Waals surface area (Å²) in [5.41, 5.74) is 0. The quantitative estimate of drug-likeness (QED) is 0.758. The van der Waals surface area contributed by atoms with Crippen molar-refractivity contribution < 1.29 is 14.7 Å². The summed E-state index contributed by atoms with van der Waals surface area (Å²) in [7, 11) is 0. The van der Waals surface area contributed by atoms with Gasteiger partial charge in [0.15, 0.2) is 0 Å². The van der Waals surface area contributed by atoms with Crippen LogP contribution in [0, 0.1) is 5.92 Å². The molecular formula is C10H13N3O3. The van der Waals surface area contributed by atoms with Crippen LogP contribution in [0.25, 0.3) is 0 Å². The van der Waals surface area contributed by atoms with Gasteiger partial charge in [0.25, 0.3) is 0 Å². The lowest BCUT2D eigenvalue weighted by molar-refractivity contribution is -0.142. The number of likely N-dealkylation sites (tertiary alicyclic amines) is 1. The van der Waals surface area contributed by atoms with Gasteiger partial charge in [0.05, 0.1) is 5.92 Å². The molecule has 0 saturated carbocycles. The number of rotatable bonds is 1. The summed E-state index contributed by atoms with van der Waals surface area (Å²) in [6.45, 7) is 2.25. The van der Waals surface area contributed by atoms with Crippen molar-refractivity contribution in [1.29, 1.82) is 0 Å². The Bertz CT molecular complexity index is 401. The van der Waals surface area contributed by atoms with Crippen molar-refractivity contribution in [3.05, 3.63) is 18.7 Å². The van der Waals surface area contributed by atoms with Gasteiger partial charge in [-0.2, -0.15) is 0 Å². The summed E-state index contributed by atoms with van der Waals surface area (Å²) in [5, 5.41) is 8.96. The molecule has 1 unspecified atom stereocenters. The van der Waals surface area contributed by atoms with Crippen LogP contribution < -0.4 is 0 Å². The molecule has 0 radical (unpaired) electrons. The van der Waals surface area contributed by atoms with Gasteiger partial charge in [-0.1, -0.05) is 0 Å². The zero-order chi connectivity index (χ0) is 11.7. The van der Waals surface area contributed by atoms with Crippen LogP contribution in [0.15, 0.2) is 18.7 Å². The summed E-state index contributed by atoms with van der Waals surface area (Å²) in [4.78, 5) is 28.2. The van der Waals surface area contributed by atoms with Crippen LogP contribution in [0.5, 0.6) is 0 Å². The van der Waals surface area contributed by atoms with Gasteiger partial charge >= 0.3 is 12.0 Å². The third kappa shape index (κ3) is 1.66. The van der Waals surface area contributed by atoms with Crippen LogP contribution in [0.3, 0.4) is 0 Å². The number of carbonyl (C=O) groups excluding carboxylic acids is 1. The summed E-state index contributed by atoms with van der Waals surface area (Å²) in [6.07, 6.45) is 5.01. The minimum absolute atomic E-state index is 0.214.